The summed E-state index contributed by atoms with van der Waals surface area (Å²) in [5.41, 5.74) is 8.76. The van der Waals surface area contributed by atoms with E-state index >= 15 is 0 Å². The fourth-order valence-corrected chi connectivity index (χ4v) is 3.76. The Hall–Kier alpha value is -1.63. The van der Waals surface area contributed by atoms with E-state index in [4.69, 9.17) is 0 Å². The molecule has 0 saturated carbocycles. The Labute approximate surface area is 139 Å². The maximum atomic E-state index is 13.8. The molecule has 0 nitrogen and oxygen atoms in total. The lowest BCUT2D eigenvalue weighted by Crippen LogP contribution is -2.18. The molecule has 122 valence electrons. The fourth-order valence-electron chi connectivity index (χ4n) is 3.76. The lowest BCUT2D eigenvalue weighted by atomic mass is 9.78. The number of halogens is 1. The number of hydrogen-bond acceptors (Lipinski definition) is 0. The van der Waals surface area contributed by atoms with Crippen LogP contribution in [0, 0.1) is 6.92 Å². The molecule has 0 aromatic heterocycles. The molecule has 0 spiro atoms. The van der Waals surface area contributed by atoms with Crippen LogP contribution in [0.4, 0.5) is 4.39 Å². The number of alkyl halides is 1. The van der Waals surface area contributed by atoms with Crippen LogP contribution in [0.2, 0.25) is 0 Å². The summed E-state index contributed by atoms with van der Waals surface area (Å²) in [6, 6.07) is 10.8. The van der Waals surface area contributed by atoms with Crippen LogP contribution in [0.15, 0.2) is 30.3 Å². The number of benzene rings is 2. The van der Waals surface area contributed by atoms with Crippen molar-refractivity contribution in [1.29, 1.82) is 0 Å². The molecule has 1 unspecified atom stereocenters. The zero-order valence-electron chi connectivity index (χ0n) is 15.3. The average molecular weight is 310 g/mol. The minimum absolute atomic E-state index is 0.0818. The standard InChI is InChI=1S/C22H27F/c1-13-10-16(21(3,4)5)12-19-20(13)17-9-8-15(14(2)23)11-18(17)22(19,6)7/h8-12,14H,1-7H3. The number of aryl methyl sites for hydroxylation is 1. The highest BCUT2D eigenvalue weighted by Gasteiger charge is 2.37. The van der Waals surface area contributed by atoms with Crippen molar-refractivity contribution in [2.75, 3.05) is 0 Å². The van der Waals surface area contributed by atoms with Crippen LogP contribution in [0.3, 0.4) is 0 Å². The lowest BCUT2D eigenvalue weighted by Gasteiger charge is -2.26. The molecule has 1 heteroatoms. The van der Waals surface area contributed by atoms with Gasteiger partial charge in [0.05, 0.1) is 0 Å². The van der Waals surface area contributed by atoms with Gasteiger partial charge < -0.3 is 0 Å². The number of hydrogen-bond donors (Lipinski definition) is 0. The van der Waals surface area contributed by atoms with E-state index in [0.29, 0.717) is 0 Å². The Morgan fingerprint density at radius 3 is 2.22 bits per heavy atom. The molecule has 2 aromatic rings. The van der Waals surface area contributed by atoms with Crippen LogP contribution in [-0.2, 0) is 10.8 Å². The van der Waals surface area contributed by atoms with E-state index in [2.05, 4.69) is 65.8 Å². The van der Waals surface area contributed by atoms with Crippen molar-refractivity contribution in [2.24, 2.45) is 0 Å². The molecule has 3 rings (SSSR count). The third-order valence-corrected chi connectivity index (χ3v) is 5.32. The molecule has 0 aliphatic heterocycles. The molecule has 23 heavy (non-hydrogen) atoms. The van der Waals surface area contributed by atoms with E-state index in [1.165, 1.54) is 33.4 Å². The lowest BCUT2D eigenvalue weighted by molar-refractivity contribution is 0.374. The molecular formula is C22H27F. The number of fused-ring (bicyclic) bond motifs is 3. The largest absolute Gasteiger partial charge is 0.243 e. The van der Waals surface area contributed by atoms with Gasteiger partial charge in [-0.15, -0.1) is 0 Å². The summed E-state index contributed by atoms with van der Waals surface area (Å²) in [6.45, 7) is 15.1. The van der Waals surface area contributed by atoms with Gasteiger partial charge in [0.2, 0.25) is 0 Å². The molecule has 0 saturated heterocycles. The monoisotopic (exact) mass is 310 g/mol. The summed E-state index contributed by atoms with van der Waals surface area (Å²) in [4.78, 5) is 0. The Kier molecular flexibility index (Phi) is 3.48. The predicted octanol–water partition coefficient (Wildman–Crippen LogP) is 6.63. The highest BCUT2D eigenvalue weighted by atomic mass is 19.1. The van der Waals surface area contributed by atoms with Crippen LogP contribution in [0.5, 0.6) is 0 Å². The Bertz CT molecular complexity index is 773. The fraction of sp³-hybridized carbons (Fsp3) is 0.455. The normalized spacial score (nSPS) is 16.9. The van der Waals surface area contributed by atoms with Crippen molar-refractivity contribution in [3.63, 3.8) is 0 Å². The zero-order valence-corrected chi connectivity index (χ0v) is 15.3. The molecular weight excluding hydrogens is 283 g/mol. The third kappa shape index (κ3) is 2.41. The molecule has 1 aliphatic carbocycles. The van der Waals surface area contributed by atoms with Crippen molar-refractivity contribution in [1.82, 2.24) is 0 Å². The van der Waals surface area contributed by atoms with Crippen LogP contribution in [0.1, 0.15) is 75.5 Å². The molecule has 1 aliphatic rings. The maximum absolute atomic E-state index is 13.8. The smallest absolute Gasteiger partial charge is 0.122 e. The first-order chi connectivity index (χ1) is 10.5. The molecule has 0 heterocycles. The summed E-state index contributed by atoms with van der Waals surface area (Å²) >= 11 is 0. The summed E-state index contributed by atoms with van der Waals surface area (Å²) in [7, 11) is 0. The van der Waals surface area contributed by atoms with E-state index in [1.54, 1.807) is 6.92 Å². The van der Waals surface area contributed by atoms with Crippen molar-refractivity contribution in [2.45, 2.75) is 65.5 Å². The summed E-state index contributed by atoms with van der Waals surface area (Å²) < 4.78 is 13.8. The molecule has 0 amide bonds. The van der Waals surface area contributed by atoms with Gasteiger partial charge in [-0.1, -0.05) is 65.0 Å². The quantitative estimate of drug-likeness (QED) is 0.554. The van der Waals surface area contributed by atoms with Crippen LogP contribution in [0.25, 0.3) is 11.1 Å². The zero-order chi connectivity index (χ0) is 17.2. The second kappa shape index (κ2) is 4.93. The van der Waals surface area contributed by atoms with Gasteiger partial charge in [0.25, 0.3) is 0 Å². The van der Waals surface area contributed by atoms with Crippen molar-refractivity contribution >= 4 is 0 Å². The minimum atomic E-state index is -0.925. The highest BCUT2D eigenvalue weighted by molar-refractivity contribution is 5.83. The van der Waals surface area contributed by atoms with Gasteiger partial charge in [-0.2, -0.15) is 0 Å². The van der Waals surface area contributed by atoms with Crippen LogP contribution in [-0.4, -0.2) is 0 Å². The van der Waals surface area contributed by atoms with E-state index in [0.717, 1.165) is 5.56 Å². The van der Waals surface area contributed by atoms with E-state index in [-0.39, 0.29) is 10.8 Å². The molecule has 2 aromatic carbocycles. The Morgan fingerprint density at radius 1 is 1.00 bits per heavy atom. The average Bonchev–Trinajstić information content (AvgIpc) is 2.66. The van der Waals surface area contributed by atoms with Gasteiger partial charge in [0.1, 0.15) is 6.17 Å². The van der Waals surface area contributed by atoms with Gasteiger partial charge in [-0.25, -0.2) is 4.39 Å². The van der Waals surface area contributed by atoms with Gasteiger partial charge in [0, 0.05) is 5.41 Å². The van der Waals surface area contributed by atoms with Crippen LogP contribution >= 0.6 is 0 Å². The van der Waals surface area contributed by atoms with E-state index in [1.807, 2.05) is 6.07 Å². The van der Waals surface area contributed by atoms with Gasteiger partial charge >= 0.3 is 0 Å². The number of rotatable bonds is 1. The molecule has 0 fully saturated rings. The van der Waals surface area contributed by atoms with Crippen molar-refractivity contribution < 1.29 is 4.39 Å². The first kappa shape index (κ1) is 16.2. The molecule has 0 radical (unpaired) electrons. The Morgan fingerprint density at radius 2 is 1.65 bits per heavy atom. The van der Waals surface area contributed by atoms with Gasteiger partial charge in [-0.3, -0.25) is 0 Å². The summed E-state index contributed by atoms with van der Waals surface area (Å²) in [6.07, 6.45) is -0.925. The van der Waals surface area contributed by atoms with Crippen molar-refractivity contribution in [3.8, 4) is 11.1 Å². The SMILES string of the molecule is Cc1cc(C(C)(C)C)cc2c1-c1ccc(C(C)F)cc1C2(C)C. The first-order valence-electron chi connectivity index (χ1n) is 8.48. The molecule has 0 bridgehead atoms. The van der Waals surface area contributed by atoms with E-state index in [9.17, 15) is 4.39 Å². The predicted molar refractivity (Wildman–Crippen MR) is 97.0 cm³/mol. The van der Waals surface area contributed by atoms with Gasteiger partial charge in [-0.05, 0) is 58.2 Å². The van der Waals surface area contributed by atoms with E-state index < -0.39 is 6.17 Å². The minimum Gasteiger partial charge on any atom is -0.243 e. The topological polar surface area (TPSA) is 0 Å². The Balaban J connectivity index is 2.29. The summed E-state index contributed by atoms with van der Waals surface area (Å²) in [5, 5.41) is 0. The van der Waals surface area contributed by atoms with Crippen LogP contribution < -0.4 is 0 Å². The molecule has 1 atom stereocenters. The van der Waals surface area contributed by atoms with Crippen molar-refractivity contribution in [3.05, 3.63) is 58.1 Å². The first-order valence-corrected chi connectivity index (χ1v) is 8.48. The summed E-state index contributed by atoms with van der Waals surface area (Å²) in [5.74, 6) is 0. The van der Waals surface area contributed by atoms with Gasteiger partial charge in [0.15, 0.2) is 0 Å². The second-order valence-electron chi connectivity index (χ2n) is 8.51. The third-order valence-electron chi connectivity index (χ3n) is 5.32. The second-order valence-corrected chi connectivity index (χ2v) is 8.51. The highest BCUT2D eigenvalue weighted by Crippen LogP contribution is 2.51. The maximum Gasteiger partial charge on any atom is 0.122 e. The molecule has 0 N–H and O–H groups in total.